The lowest BCUT2D eigenvalue weighted by Gasteiger charge is -1.88. The standard InChI is InChI=1S/C3H3ClF2O/c1-7-3(6)2(4)5/h1H3/b3-2-. The molecule has 0 heterocycles. The molecule has 0 aliphatic carbocycles. The Hall–Kier alpha value is -0.310. The SMILES string of the molecule is CO/C(F)=C(\F)Cl. The molecular weight excluding hydrogens is 125 g/mol. The van der Waals surface area contributed by atoms with Gasteiger partial charge in [0.05, 0.1) is 7.11 Å². The number of hydrogen-bond acceptors (Lipinski definition) is 1. The highest BCUT2D eigenvalue weighted by Gasteiger charge is 1.98. The quantitative estimate of drug-likeness (QED) is 0.491. The Bertz CT molecular complexity index is 86.9. The van der Waals surface area contributed by atoms with Gasteiger partial charge in [0.15, 0.2) is 0 Å². The first-order valence-corrected chi connectivity index (χ1v) is 1.81. The van der Waals surface area contributed by atoms with E-state index < -0.39 is 11.3 Å². The van der Waals surface area contributed by atoms with E-state index in [1.807, 2.05) is 0 Å². The summed E-state index contributed by atoms with van der Waals surface area (Å²) in [5.74, 6) is 0. The van der Waals surface area contributed by atoms with Crippen molar-refractivity contribution in [1.82, 2.24) is 0 Å². The summed E-state index contributed by atoms with van der Waals surface area (Å²) in [5, 5.41) is -1.46. The number of ether oxygens (including phenoxy) is 1. The van der Waals surface area contributed by atoms with E-state index in [1.54, 1.807) is 0 Å². The summed E-state index contributed by atoms with van der Waals surface area (Å²) < 4.78 is 26.4. The molecule has 7 heavy (non-hydrogen) atoms. The van der Waals surface area contributed by atoms with Crippen molar-refractivity contribution in [3.05, 3.63) is 11.3 Å². The predicted molar refractivity (Wildman–Crippen MR) is 22.1 cm³/mol. The Morgan fingerprint density at radius 1 is 1.57 bits per heavy atom. The summed E-state index contributed by atoms with van der Waals surface area (Å²) in [7, 11) is 0.983. The molecule has 0 aliphatic rings. The summed E-state index contributed by atoms with van der Waals surface area (Å²) in [6.45, 7) is 0. The number of methoxy groups -OCH3 is 1. The molecule has 0 bridgehead atoms. The third kappa shape index (κ3) is 2.39. The van der Waals surface area contributed by atoms with Crippen molar-refractivity contribution < 1.29 is 13.5 Å². The van der Waals surface area contributed by atoms with Gasteiger partial charge in [0, 0.05) is 0 Å². The molecule has 0 aliphatic heterocycles. The molecule has 0 spiro atoms. The van der Waals surface area contributed by atoms with Crippen molar-refractivity contribution in [2.24, 2.45) is 0 Å². The highest BCUT2D eigenvalue weighted by atomic mass is 35.5. The number of rotatable bonds is 1. The Labute approximate surface area is 44.5 Å². The first kappa shape index (κ1) is 6.69. The molecule has 42 valence electrons. The van der Waals surface area contributed by atoms with E-state index in [0.717, 1.165) is 7.11 Å². The largest absolute Gasteiger partial charge is 0.471 e. The second kappa shape index (κ2) is 2.80. The van der Waals surface area contributed by atoms with Crippen LogP contribution in [0.4, 0.5) is 8.78 Å². The zero-order valence-corrected chi connectivity index (χ0v) is 4.30. The molecule has 4 heteroatoms. The van der Waals surface area contributed by atoms with Gasteiger partial charge < -0.3 is 4.74 Å². The minimum Gasteiger partial charge on any atom is -0.471 e. The lowest BCUT2D eigenvalue weighted by Crippen LogP contribution is -1.75. The zero-order chi connectivity index (χ0) is 5.86. The third-order valence-electron chi connectivity index (χ3n) is 0.328. The van der Waals surface area contributed by atoms with Gasteiger partial charge in [0.2, 0.25) is 0 Å². The van der Waals surface area contributed by atoms with Gasteiger partial charge in [-0.25, -0.2) is 0 Å². The number of halogens is 3. The molecule has 0 N–H and O–H groups in total. The van der Waals surface area contributed by atoms with Gasteiger partial charge in [-0.2, -0.15) is 8.78 Å². The molecule has 0 unspecified atom stereocenters. The Kier molecular flexibility index (Phi) is 2.67. The first-order valence-electron chi connectivity index (χ1n) is 1.43. The highest BCUT2D eigenvalue weighted by molar-refractivity contribution is 6.28. The molecule has 0 aromatic rings. The molecule has 0 saturated heterocycles. The molecule has 1 nitrogen and oxygen atoms in total. The fourth-order valence-corrected chi connectivity index (χ4v) is 0.154. The number of hydrogen-bond donors (Lipinski definition) is 0. The summed E-state index contributed by atoms with van der Waals surface area (Å²) in [6, 6.07) is -1.39. The third-order valence-corrected chi connectivity index (χ3v) is 0.476. The Morgan fingerprint density at radius 2 is 2.00 bits per heavy atom. The van der Waals surface area contributed by atoms with E-state index in [9.17, 15) is 8.78 Å². The van der Waals surface area contributed by atoms with Gasteiger partial charge in [-0.05, 0) is 11.6 Å². The fourth-order valence-electron chi connectivity index (χ4n) is 0.0772. The van der Waals surface area contributed by atoms with Crippen LogP contribution < -0.4 is 0 Å². The summed E-state index contributed by atoms with van der Waals surface area (Å²) in [4.78, 5) is 0. The van der Waals surface area contributed by atoms with Crippen LogP contribution in [0.3, 0.4) is 0 Å². The topological polar surface area (TPSA) is 9.23 Å². The van der Waals surface area contributed by atoms with Crippen molar-refractivity contribution in [3.8, 4) is 0 Å². The van der Waals surface area contributed by atoms with Gasteiger partial charge in [0.1, 0.15) is 0 Å². The lowest BCUT2D eigenvalue weighted by molar-refractivity contribution is 0.192. The van der Waals surface area contributed by atoms with Gasteiger partial charge >= 0.3 is 6.01 Å². The predicted octanol–water partition coefficient (Wildman–Crippen LogP) is 1.94. The van der Waals surface area contributed by atoms with Crippen LogP contribution in [0.25, 0.3) is 0 Å². The molecular formula is C3H3ClF2O. The minimum atomic E-state index is -1.46. The summed E-state index contributed by atoms with van der Waals surface area (Å²) in [6.07, 6.45) is 0. The van der Waals surface area contributed by atoms with Crippen LogP contribution >= 0.6 is 11.6 Å². The van der Waals surface area contributed by atoms with E-state index in [2.05, 4.69) is 16.3 Å². The zero-order valence-electron chi connectivity index (χ0n) is 3.54. The second-order valence-electron chi connectivity index (χ2n) is 0.738. The summed E-state index contributed by atoms with van der Waals surface area (Å²) in [5.41, 5.74) is 0. The Morgan fingerprint density at radius 3 is 2.00 bits per heavy atom. The van der Waals surface area contributed by atoms with Crippen molar-refractivity contribution in [1.29, 1.82) is 0 Å². The smallest absolute Gasteiger partial charge is 0.321 e. The molecule has 0 aromatic heterocycles. The van der Waals surface area contributed by atoms with E-state index in [0.29, 0.717) is 0 Å². The minimum absolute atomic E-state index is 0.983. The first-order chi connectivity index (χ1) is 3.18. The van der Waals surface area contributed by atoms with Crippen LogP contribution in [-0.2, 0) is 4.74 Å². The normalized spacial score (nSPS) is 13.1. The van der Waals surface area contributed by atoms with Crippen molar-refractivity contribution in [3.63, 3.8) is 0 Å². The van der Waals surface area contributed by atoms with Gasteiger partial charge in [-0.15, -0.1) is 0 Å². The van der Waals surface area contributed by atoms with Crippen LogP contribution in [-0.4, -0.2) is 7.11 Å². The molecule has 0 radical (unpaired) electrons. The maximum absolute atomic E-state index is 11.4. The molecule has 0 rings (SSSR count). The van der Waals surface area contributed by atoms with E-state index in [4.69, 9.17) is 0 Å². The molecule has 0 fully saturated rings. The summed E-state index contributed by atoms with van der Waals surface area (Å²) >= 11 is 4.44. The maximum atomic E-state index is 11.4. The van der Waals surface area contributed by atoms with Crippen molar-refractivity contribution in [2.75, 3.05) is 7.11 Å². The average Bonchev–Trinajstić information content (AvgIpc) is 1.65. The van der Waals surface area contributed by atoms with E-state index in [-0.39, 0.29) is 0 Å². The monoisotopic (exact) mass is 128 g/mol. The molecule has 0 amide bonds. The lowest BCUT2D eigenvalue weighted by atomic mass is 11.0. The van der Waals surface area contributed by atoms with Gasteiger partial charge in [-0.1, -0.05) is 0 Å². The van der Waals surface area contributed by atoms with Crippen LogP contribution in [0.1, 0.15) is 0 Å². The van der Waals surface area contributed by atoms with Crippen LogP contribution in [0.5, 0.6) is 0 Å². The van der Waals surface area contributed by atoms with Gasteiger partial charge in [-0.3, -0.25) is 0 Å². The van der Waals surface area contributed by atoms with Crippen LogP contribution in [0, 0.1) is 0 Å². The molecule has 0 atom stereocenters. The Balaban J connectivity index is 3.72. The van der Waals surface area contributed by atoms with Crippen LogP contribution in [0.15, 0.2) is 11.3 Å². The average molecular weight is 129 g/mol. The van der Waals surface area contributed by atoms with Gasteiger partial charge in [0.25, 0.3) is 5.29 Å². The molecule has 0 aromatic carbocycles. The highest BCUT2D eigenvalue weighted by Crippen LogP contribution is 2.11. The van der Waals surface area contributed by atoms with Crippen molar-refractivity contribution in [2.45, 2.75) is 0 Å². The van der Waals surface area contributed by atoms with E-state index >= 15 is 0 Å². The maximum Gasteiger partial charge on any atom is 0.321 e. The van der Waals surface area contributed by atoms with Crippen molar-refractivity contribution >= 4 is 11.6 Å². The second-order valence-corrected chi connectivity index (χ2v) is 1.07. The molecule has 0 saturated carbocycles. The van der Waals surface area contributed by atoms with E-state index in [1.165, 1.54) is 0 Å². The fraction of sp³-hybridized carbons (Fsp3) is 0.333. The van der Waals surface area contributed by atoms with Crippen LogP contribution in [0.2, 0.25) is 0 Å².